The van der Waals surface area contributed by atoms with Gasteiger partial charge in [-0.05, 0) is 41.9 Å². The maximum Gasteiger partial charge on any atom is 0.223 e. The van der Waals surface area contributed by atoms with Gasteiger partial charge in [-0.1, -0.05) is 12.1 Å². The van der Waals surface area contributed by atoms with Crippen LogP contribution in [0.4, 0.5) is 0 Å². The third-order valence-corrected chi connectivity index (χ3v) is 4.02. The lowest BCUT2D eigenvalue weighted by Crippen LogP contribution is -2.24. The molecule has 0 unspecified atom stereocenters. The summed E-state index contributed by atoms with van der Waals surface area (Å²) < 4.78 is 12.8. The van der Waals surface area contributed by atoms with E-state index in [-0.39, 0.29) is 5.60 Å². The summed E-state index contributed by atoms with van der Waals surface area (Å²) in [5, 5.41) is 0. The molecule has 0 radical (unpaired) electrons. The predicted molar refractivity (Wildman–Crippen MR) is 86.4 cm³/mol. The molecule has 1 aliphatic rings. The number of rotatable bonds is 3. The van der Waals surface area contributed by atoms with Crippen molar-refractivity contribution in [3.63, 3.8) is 0 Å². The third kappa shape index (κ3) is 3.01. The van der Waals surface area contributed by atoms with E-state index in [2.05, 4.69) is 40.8 Å². The summed E-state index contributed by atoms with van der Waals surface area (Å²) in [4.78, 5) is 4.30. The molecule has 0 aliphatic carbocycles. The molecule has 0 atom stereocenters. The second-order valence-corrected chi connectivity index (χ2v) is 6.82. The van der Waals surface area contributed by atoms with Crippen LogP contribution >= 0.6 is 27.5 Å². The van der Waals surface area contributed by atoms with Gasteiger partial charge in [-0.15, -0.1) is 11.6 Å². The van der Waals surface area contributed by atoms with E-state index >= 15 is 0 Å². The SMILES string of the molecule is CC1(C)Cc2cccc(Oc3ncc(Br)cc3CCl)c2O1. The van der Waals surface area contributed by atoms with Gasteiger partial charge in [0.25, 0.3) is 0 Å². The Balaban J connectivity index is 1.96. The predicted octanol–water partition coefficient (Wildman–Crippen LogP) is 5.09. The summed E-state index contributed by atoms with van der Waals surface area (Å²) in [6.45, 7) is 4.14. The Morgan fingerprint density at radius 3 is 3.00 bits per heavy atom. The van der Waals surface area contributed by atoms with Gasteiger partial charge in [0.15, 0.2) is 11.5 Å². The summed E-state index contributed by atoms with van der Waals surface area (Å²) in [7, 11) is 0. The number of hydrogen-bond donors (Lipinski definition) is 0. The van der Waals surface area contributed by atoms with Crippen LogP contribution in [0, 0.1) is 0 Å². The van der Waals surface area contributed by atoms with Crippen LogP contribution in [-0.4, -0.2) is 10.6 Å². The third-order valence-electron chi connectivity index (χ3n) is 3.30. The molecule has 5 heteroatoms. The zero-order chi connectivity index (χ0) is 15.0. The minimum Gasteiger partial charge on any atom is -0.483 e. The second kappa shape index (κ2) is 5.50. The van der Waals surface area contributed by atoms with E-state index in [0.717, 1.165) is 27.8 Å². The van der Waals surface area contributed by atoms with Crippen LogP contribution < -0.4 is 9.47 Å². The van der Waals surface area contributed by atoms with Crippen molar-refractivity contribution in [1.82, 2.24) is 4.98 Å². The van der Waals surface area contributed by atoms with Gasteiger partial charge in [0.1, 0.15) is 5.60 Å². The van der Waals surface area contributed by atoms with E-state index in [1.165, 1.54) is 0 Å². The number of hydrogen-bond acceptors (Lipinski definition) is 3. The van der Waals surface area contributed by atoms with Crippen molar-refractivity contribution >= 4 is 27.5 Å². The number of ether oxygens (including phenoxy) is 2. The number of benzene rings is 1. The molecule has 3 rings (SSSR count). The lowest BCUT2D eigenvalue weighted by atomic mass is 10.0. The zero-order valence-electron chi connectivity index (χ0n) is 11.8. The standard InChI is InChI=1S/C16H15BrClNO2/c1-16(2)7-10-4-3-5-13(14(10)21-16)20-15-11(8-18)6-12(17)9-19-15/h3-6,9H,7-8H2,1-2H3. The second-order valence-electron chi connectivity index (χ2n) is 5.64. The normalized spacial score (nSPS) is 15.4. The Hall–Kier alpha value is -1.26. The molecular weight excluding hydrogens is 354 g/mol. The lowest BCUT2D eigenvalue weighted by Gasteiger charge is -2.18. The van der Waals surface area contributed by atoms with Crippen molar-refractivity contribution in [2.75, 3.05) is 0 Å². The van der Waals surface area contributed by atoms with Gasteiger partial charge in [-0.3, -0.25) is 0 Å². The van der Waals surface area contributed by atoms with Crippen LogP contribution in [0.25, 0.3) is 0 Å². The van der Waals surface area contributed by atoms with Crippen LogP contribution in [0.15, 0.2) is 34.9 Å². The number of para-hydroxylation sites is 1. The van der Waals surface area contributed by atoms with Crippen molar-refractivity contribution in [2.24, 2.45) is 0 Å². The highest BCUT2D eigenvalue weighted by Crippen LogP contribution is 2.43. The molecule has 0 bridgehead atoms. The van der Waals surface area contributed by atoms with Gasteiger partial charge in [0, 0.05) is 28.2 Å². The molecule has 1 aromatic heterocycles. The van der Waals surface area contributed by atoms with E-state index in [9.17, 15) is 0 Å². The first-order chi connectivity index (χ1) is 9.98. The highest BCUT2D eigenvalue weighted by atomic mass is 79.9. The monoisotopic (exact) mass is 367 g/mol. The smallest absolute Gasteiger partial charge is 0.223 e. The van der Waals surface area contributed by atoms with E-state index in [4.69, 9.17) is 21.1 Å². The molecule has 1 aliphatic heterocycles. The quantitative estimate of drug-likeness (QED) is 0.707. The Morgan fingerprint density at radius 2 is 2.24 bits per heavy atom. The highest BCUT2D eigenvalue weighted by molar-refractivity contribution is 9.10. The topological polar surface area (TPSA) is 31.4 Å². The number of aromatic nitrogens is 1. The molecule has 21 heavy (non-hydrogen) atoms. The van der Waals surface area contributed by atoms with Gasteiger partial charge in [0.2, 0.25) is 5.88 Å². The summed E-state index contributed by atoms with van der Waals surface area (Å²) in [5.41, 5.74) is 1.78. The van der Waals surface area contributed by atoms with E-state index in [0.29, 0.717) is 17.5 Å². The van der Waals surface area contributed by atoms with Crippen molar-refractivity contribution in [3.8, 4) is 17.4 Å². The summed E-state index contributed by atoms with van der Waals surface area (Å²) in [6.07, 6.45) is 2.56. The van der Waals surface area contributed by atoms with Crippen molar-refractivity contribution in [1.29, 1.82) is 0 Å². The molecule has 0 saturated carbocycles. The van der Waals surface area contributed by atoms with Crippen LogP contribution in [0.1, 0.15) is 25.0 Å². The first-order valence-electron chi connectivity index (χ1n) is 6.68. The molecule has 0 fully saturated rings. The highest BCUT2D eigenvalue weighted by Gasteiger charge is 2.32. The van der Waals surface area contributed by atoms with Gasteiger partial charge in [-0.2, -0.15) is 0 Å². The molecule has 1 aromatic carbocycles. The number of fused-ring (bicyclic) bond motifs is 1. The summed E-state index contributed by atoms with van der Waals surface area (Å²) >= 11 is 9.35. The summed E-state index contributed by atoms with van der Waals surface area (Å²) in [6, 6.07) is 7.83. The largest absolute Gasteiger partial charge is 0.483 e. The van der Waals surface area contributed by atoms with Gasteiger partial charge < -0.3 is 9.47 Å². The molecule has 0 spiro atoms. The fourth-order valence-corrected chi connectivity index (χ4v) is 3.00. The van der Waals surface area contributed by atoms with Crippen molar-refractivity contribution in [3.05, 3.63) is 46.1 Å². The minimum absolute atomic E-state index is 0.204. The molecule has 2 heterocycles. The van der Waals surface area contributed by atoms with Gasteiger partial charge in [-0.25, -0.2) is 4.98 Å². The minimum atomic E-state index is -0.204. The molecule has 0 saturated heterocycles. The Bertz CT molecular complexity index is 688. The molecule has 0 amide bonds. The molecule has 3 nitrogen and oxygen atoms in total. The number of pyridine rings is 1. The lowest BCUT2D eigenvalue weighted by molar-refractivity contribution is 0.135. The van der Waals surface area contributed by atoms with E-state index in [1.54, 1.807) is 6.20 Å². The zero-order valence-corrected chi connectivity index (χ0v) is 14.2. The fourth-order valence-electron chi connectivity index (χ4n) is 2.43. The maximum atomic E-state index is 6.00. The van der Waals surface area contributed by atoms with Crippen LogP contribution in [0.2, 0.25) is 0 Å². The number of alkyl halides is 1. The van der Waals surface area contributed by atoms with Gasteiger partial charge >= 0.3 is 0 Å². The Labute approximate surface area is 137 Å². The van der Waals surface area contributed by atoms with Crippen molar-refractivity contribution < 1.29 is 9.47 Å². The molecule has 110 valence electrons. The molecular formula is C16H15BrClNO2. The van der Waals surface area contributed by atoms with Gasteiger partial charge in [0.05, 0.1) is 5.88 Å². The first-order valence-corrected chi connectivity index (χ1v) is 8.00. The van der Waals surface area contributed by atoms with Crippen LogP contribution in [0.5, 0.6) is 17.4 Å². The molecule has 2 aromatic rings. The van der Waals surface area contributed by atoms with Crippen LogP contribution in [0.3, 0.4) is 0 Å². The van der Waals surface area contributed by atoms with Crippen molar-refractivity contribution in [2.45, 2.75) is 31.7 Å². The average Bonchev–Trinajstić information content (AvgIpc) is 2.75. The average molecular weight is 369 g/mol. The maximum absolute atomic E-state index is 6.00. The number of halogens is 2. The summed E-state index contributed by atoms with van der Waals surface area (Å²) in [5.74, 6) is 2.32. The number of nitrogens with zero attached hydrogens (tertiary/aromatic N) is 1. The first kappa shape index (κ1) is 14.7. The van der Waals surface area contributed by atoms with Crippen LogP contribution in [-0.2, 0) is 12.3 Å². The fraction of sp³-hybridized carbons (Fsp3) is 0.312. The van der Waals surface area contributed by atoms with E-state index in [1.807, 2.05) is 18.2 Å². The molecule has 0 N–H and O–H groups in total. The Morgan fingerprint density at radius 1 is 1.43 bits per heavy atom. The van der Waals surface area contributed by atoms with E-state index < -0.39 is 0 Å². The Kier molecular flexibility index (Phi) is 3.84.